The van der Waals surface area contributed by atoms with E-state index in [-0.39, 0.29) is 32.3 Å². The van der Waals surface area contributed by atoms with E-state index in [4.69, 9.17) is 27.1 Å². The molecule has 0 heterocycles. The molecular formula is C19H31NO4S. The normalized spacial score (nSPS) is 12.8. The predicted molar refractivity (Wildman–Crippen MR) is 104 cm³/mol. The predicted octanol–water partition coefficient (Wildman–Crippen LogP) is 2.10. The molecule has 0 fully saturated rings. The molecule has 0 saturated carbocycles. The Kier molecular flexibility index (Phi) is 15.5. The van der Waals surface area contributed by atoms with Crippen molar-refractivity contribution >= 4 is 17.7 Å². The summed E-state index contributed by atoms with van der Waals surface area (Å²) < 4.78 is 16.7. The molecule has 0 saturated heterocycles. The van der Waals surface area contributed by atoms with Crippen molar-refractivity contribution in [1.29, 1.82) is 0 Å². The van der Waals surface area contributed by atoms with Gasteiger partial charge in [-0.05, 0) is 19.1 Å². The van der Waals surface area contributed by atoms with Crippen molar-refractivity contribution in [2.24, 2.45) is 0 Å². The van der Waals surface area contributed by atoms with Crippen molar-refractivity contribution in [2.75, 3.05) is 51.1 Å². The van der Waals surface area contributed by atoms with Gasteiger partial charge in [-0.25, -0.2) is 0 Å². The molecular weight excluding hydrogens is 338 g/mol. The van der Waals surface area contributed by atoms with E-state index in [1.165, 1.54) is 0 Å². The van der Waals surface area contributed by atoms with Crippen LogP contribution in [-0.4, -0.2) is 62.6 Å². The molecule has 5 nitrogen and oxygen atoms in total. The molecule has 0 aromatic carbocycles. The fraction of sp³-hybridized carbons (Fsp3) is 0.737. The van der Waals surface area contributed by atoms with Crippen molar-refractivity contribution in [1.82, 2.24) is 5.32 Å². The highest BCUT2D eigenvalue weighted by atomic mass is 32.2. The van der Waals surface area contributed by atoms with Gasteiger partial charge in [0, 0.05) is 25.2 Å². The maximum absolute atomic E-state index is 12.3. The zero-order valence-corrected chi connectivity index (χ0v) is 16.3. The van der Waals surface area contributed by atoms with Crippen LogP contribution < -0.4 is 5.32 Å². The smallest absolute Gasteiger partial charge is 0.221 e. The van der Waals surface area contributed by atoms with E-state index in [9.17, 15) is 4.79 Å². The van der Waals surface area contributed by atoms with Crippen molar-refractivity contribution in [3.8, 4) is 24.7 Å². The largest absolute Gasteiger partial charge is 0.379 e. The molecule has 1 atom stereocenters. The SMILES string of the molecule is C#CCCOCC(COCC)(COCC#C)NC(=O)CCSCCC. The Labute approximate surface area is 156 Å². The van der Waals surface area contributed by atoms with Crippen LogP contribution in [0, 0.1) is 24.7 Å². The van der Waals surface area contributed by atoms with Crippen molar-refractivity contribution < 1.29 is 19.0 Å². The second-order valence-corrected chi connectivity index (χ2v) is 6.76. The van der Waals surface area contributed by atoms with E-state index in [1.54, 1.807) is 11.8 Å². The van der Waals surface area contributed by atoms with Gasteiger partial charge in [-0.15, -0.1) is 18.8 Å². The molecule has 0 spiro atoms. The molecule has 0 aliphatic heterocycles. The Bertz CT molecular complexity index is 430. The number of hydrogen-bond acceptors (Lipinski definition) is 5. The maximum atomic E-state index is 12.3. The van der Waals surface area contributed by atoms with E-state index in [1.807, 2.05) is 6.92 Å². The molecule has 142 valence electrons. The second kappa shape index (κ2) is 16.3. The average molecular weight is 370 g/mol. The Morgan fingerprint density at radius 1 is 1.08 bits per heavy atom. The fourth-order valence-corrected chi connectivity index (χ4v) is 2.83. The first-order valence-corrected chi connectivity index (χ1v) is 9.78. The average Bonchev–Trinajstić information content (AvgIpc) is 2.61. The lowest BCUT2D eigenvalue weighted by Crippen LogP contribution is -2.58. The first-order chi connectivity index (χ1) is 12.1. The number of terminal acetylenes is 2. The molecule has 25 heavy (non-hydrogen) atoms. The van der Waals surface area contributed by atoms with E-state index in [2.05, 4.69) is 24.1 Å². The topological polar surface area (TPSA) is 56.8 Å². The van der Waals surface area contributed by atoms with Crippen LogP contribution in [-0.2, 0) is 19.0 Å². The summed E-state index contributed by atoms with van der Waals surface area (Å²) in [6, 6.07) is 0. The maximum Gasteiger partial charge on any atom is 0.221 e. The number of carbonyl (C=O) groups is 1. The molecule has 0 aromatic rings. The molecule has 1 N–H and O–H groups in total. The highest BCUT2D eigenvalue weighted by Crippen LogP contribution is 2.11. The molecule has 0 rings (SSSR count). The lowest BCUT2D eigenvalue weighted by atomic mass is 10.0. The Hall–Kier alpha value is -1.18. The minimum atomic E-state index is -0.770. The first-order valence-electron chi connectivity index (χ1n) is 8.63. The van der Waals surface area contributed by atoms with E-state index < -0.39 is 5.54 Å². The van der Waals surface area contributed by atoms with Crippen LogP contribution in [0.25, 0.3) is 0 Å². The van der Waals surface area contributed by atoms with Crippen molar-refractivity contribution in [3.05, 3.63) is 0 Å². The lowest BCUT2D eigenvalue weighted by molar-refractivity contribution is -0.126. The second-order valence-electron chi connectivity index (χ2n) is 5.53. The van der Waals surface area contributed by atoms with Crippen LogP contribution in [0.1, 0.15) is 33.1 Å². The van der Waals surface area contributed by atoms with Gasteiger partial charge in [-0.1, -0.05) is 12.8 Å². The molecule has 0 aliphatic carbocycles. The number of hydrogen-bond donors (Lipinski definition) is 1. The van der Waals surface area contributed by atoms with Gasteiger partial charge < -0.3 is 19.5 Å². The van der Waals surface area contributed by atoms with Crippen LogP contribution in [0.4, 0.5) is 0 Å². The summed E-state index contributed by atoms with van der Waals surface area (Å²) in [6.07, 6.45) is 12.5. The van der Waals surface area contributed by atoms with Gasteiger partial charge in [0.05, 0.1) is 26.4 Å². The number of nitrogens with one attached hydrogen (secondary N) is 1. The van der Waals surface area contributed by atoms with Gasteiger partial charge in [0.25, 0.3) is 0 Å². The summed E-state index contributed by atoms with van der Waals surface area (Å²) in [4.78, 5) is 12.3. The molecule has 0 bridgehead atoms. The van der Waals surface area contributed by atoms with Crippen LogP contribution in [0.15, 0.2) is 0 Å². The number of rotatable bonds is 16. The third-order valence-corrected chi connectivity index (χ3v) is 4.33. The summed E-state index contributed by atoms with van der Waals surface area (Å²) in [5.41, 5.74) is -0.770. The van der Waals surface area contributed by atoms with Crippen LogP contribution >= 0.6 is 11.8 Å². The standard InChI is InChI=1S/C19H31NO4S/c1-5-9-12-24-17-19(15-22-8-4,16-23-11-6-2)20-18(21)10-14-25-13-7-3/h1-2H,7-17H2,3-4H3,(H,20,21). The third-order valence-electron chi connectivity index (χ3n) is 3.14. The number of carbonyl (C=O) groups excluding carboxylic acids is 1. The number of thioether (sulfide) groups is 1. The van der Waals surface area contributed by atoms with Crippen molar-refractivity contribution in [2.45, 2.75) is 38.6 Å². The molecule has 1 amide bonds. The summed E-state index contributed by atoms with van der Waals surface area (Å²) >= 11 is 1.77. The minimum Gasteiger partial charge on any atom is -0.379 e. The van der Waals surface area contributed by atoms with Crippen LogP contribution in [0.3, 0.4) is 0 Å². The molecule has 0 aliphatic rings. The van der Waals surface area contributed by atoms with Gasteiger partial charge >= 0.3 is 0 Å². The first kappa shape index (κ1) is 23.8. The van der Waals surface area contributed by atoms with E-state index >= 15 is 0 Å². The third kappa shape index (κ3) is 12.8. The lowest BCUT2D eigenvalue weighted by Gasteiger charge is -2.34. The van der Waals surface area contributed by atoms with Gasteiger partial charge in [0.15, 0.2) is 0 Å². The van der Waals surface area contributed by atoms with Gasteiger partial charge in [-0.3, -0.25) is 4.79 Å². The van der Waals surface area contributed by atoms with E-state index in [0.29, 0.717) is 26.1 Å². The van der Waals surface area contributed by atoms with Crippen LogP contribution in [0.2, 0.25) is 0 Å². The van der Waals surface area contributed by atoms with Gasteiger partial charge in [0.2, 0.25) is 5.91 Å². The zero-order chi connectivity index (χ0) is 18.8. The number of ether oxygens (including phenoxy) is 3. The Balaban J connectivity index is 4.78. The molecule has 6 heteroatoms. The highest BCUT2D eigenvalue weighted by molar-refractivity contribution is 7.99. The van der Waals surface area contributed by atoms with Crippen molar-refractivity contribution in [3.63, 3.8) is 0 Å². The zero-order valence-electron chi connectivity index (χ0n) is 15.5. The van der Waals surface area contributed by atoms with Gasteiger partial charge in [-0.2, -0.15) is 11.8 Å². The van der Waals surface area contributed by atoms with E-state index in [0.717, 1.165) is 17.9 Å². The number of amides is 1. The fourth-order valence-electron chi connectivity index (χ4n) is 2.00. The Morgan fingerprint density at radius 3 is 2.44 bits per heavy atom. The van der Waals surface area contributed by atoms with Crippen LogP contribution in [0.5, 0.6) is 0 Å². The minimum absolute atomic E-state index is 0.0480. The molecule has 1 unspecified atom stereocenters. The monoisotopic (exact) mass is 369 g/mol. The summed E-state index contributed by atoms with van der Waals surface area (Å²) in [7, 11) is 0. The van der Waals surface area contributed by atoms with Gasteiger partial charge in [0.1, 0.15) is 12.1 Å². The summed E-state index contributed by atoms with van der Waals surface area (Å²) in [6.45, 7) is 5.91. The summed E-state index contributed by atoms with van der Waals surface area (Å²) in [5, 5.41) is 3.03. The quantitative estimate of drug-likeness (QED) is 0.334. The molecule has 0 aromatic heterocycles. The highest BCUT2D eigenvalue weighted by Gasteiger charge is 2.33. The Morgan fingerprint density at radius 2 is 1.80 bits per heavy atom. The summed E-state index contributed by atoms with van der Waals surface area (Å²) in [5.74, 6) is 6.74. The molecule has 0 radical (unpaired) electrons.